The number of ether oxygens (including phenoxy) is 1. The van der Waals surface area contributed by atoms with Crippen molar-refractivity contribution in [2.45, 2.75) is 32.8 Å². The number of aliphatic hydroxyl groups excluding tert-OH is 1. The van der Waals surface area contributed by atoms with Gasteiger partial charge in [0.2, 0.25) is 0 Å². The van der Waals surface area contributed by atoms with Gasteiger partial charge in [-0.05, 0) is 39.3 Å². The van der Waals surface area contributed by atoms with Crippen LogP contribution in [0.4, 0.5) is 21.9 Å². The van der Waals surface area contributed by atoms with Crippen LogP contribution < -0.4 is 10.6 Å². The molecule has 0 radical (unpaired) electrons. The maximum Gasteiger partial charge on any atom is 0.412 e. The second kappa shape index (κ2) is 7.60. The average Bonchev–Trinajstić information content (AvgIpc) is 2.36. The Balaban J connectivity index is 2.86. The van der Waals surface area contributed by atoms with Crippen molar-refractivity contribution in [2.24, 2.45) is 0 Å². The first-order valence-corrected chi connectivity index (χ1v) is 6.86. The lowest BCUT2D eigenvalue weighted by atomic mass is 10.2. The summed E-state index contributed by atoms with van der Waals surface area (Å²) >= 11 is 0. The number of nitrogens with zero attached hydrogens (tertiary/aromatic N) is 1. The number of aliphatic hydroxyl groups is 1. The molecule has 0 spiro atoms. The molecule has 0 aliphatic heterocycles. The Morgan fingerprint density at radius 1 is 1.41 bits per heavy atom. The minimum absolute atomic E-state index is 0.0172. The van der Waals surface area contributed by atoms with Gasteiger partial charge in [-0.25, -0.2) is 4.79 Å². The van der Waals surface area contributed by atoms with Crippen molar-refractivity contribution in [3.05, 3.63) is 28.3 Å². The van der Waals surface area contributed by atoms with Crippen LogP contribution in [0.5, 0.6) is 0 Å². The van der Waals surface area contributed by atoms with E-state index in [0.717, 1.165) is 0 Å². The number of hydrogen-bond acceptors (Lipinski definition) is 6. The van der Waals surface area contributed by atoms with Crippen molar-refractivity contribution in [1.82, 2.24) is 0 Å². The van der Waals surface area contributed by atoms with Crippen molar-refractivity contribution in [3.63, 3.8) is 0 Å². The highest BCUT2D eigenvalue weighted by Gasteiger charge is 2.18. The molecule has 1 amide bonds. The van der Waals surface area contributed by atoms with E-state index in [0.29, 0.717) is 18.7 Å². The number of anilines is 2. The van der Waals surface area contributed by atoms with Gasteiger partial charge in [0, 0.05) is 24.9 Å². The second-order valence-corrected chi connectivity index (χ2v) is 5.62. The zero-order valence-electron chi connectivity index (χ0n) is 12.9. The molecule has 122 valence electrons. The van der Waals surface area contributed by atoms with Gasteiger partial charge in [0.1, 0.15) is 11.3 Å². The summed E-state index contributed by atoms with van der Waals surface area (Å²) < 4.78 is 5.12. The normalized spacial score (nSPS) is 10.9. The van der Waals surface area contributed by atoms with Crippen LogP contribution in [0.1, 0.15) is 27.2 Å². The minimum atomic E-state index is -0.636. The lowest BCUT2D eigenvalue weighted by Gasteiger charge is -2.19. The molecule has 0 atom stereocenters. The Hall–Kier alpha value is -2.35. The van der Waals surface area contributed by atoms with Gasteiger partial charge in [-0.15, -0.1) is 0 Å². The fraction of sp³-hybridized carbons (Fsp3) is 0.500. The molecule has 22 heavy (non-hydrogen) atoms. The SMILES string of the molecule is CC(C)(C)OC(=O)Nc1ccc([N+](=O)[O-])c(NCCCO)c1. The number of nitrogens with one attached hydrogen (secondary N) is 2. The summed E-state index contributed by atoms with van der Waals surface area (Å²) in [6.45, 7) is 5.59. The minimum Gasteiger partial charge on any atom is -0.444 e. The van der Waals surface area contributed by atoms with E-state index in [-0.39, 0.29) is 18.0 Å². The summed E-state index contributed by atoms with van der Waals surface area (Å²) in [5.41, 5.74) is -0.0846. The summed E-state index contributed by atoms with van der Waals surface area (Å²) in [4.78, 5) is 22.2. The van der Waals surface area contributed by atoms with E-state index < -0.39 is 16.6 Å². The lowest BCUT2D eigenvalue weighted by Crippen LogP contribution is -2.27. The number of rotatable bonds is 6. The third kappa shape index (κ3) is 5.96. The Kier molecular flexibility index (Phi) is 6.11. The summed E-state index contributed by atoms with van der Waals surface area (Å²) in [5, 5.41) is 25.1. The predicted molar refractivity (Wildman–Crippen MR) is 83.1 cm³/mol. The van der Waals surface area contributed by atoms with E-state index >= 15 is 0 Å². The molecule has 0 fully saturated rings. The number of nitro benzene ring substituents is 1. The highest BCUT2D eigenvalue weighted by Crippen LogP contribution is 2.28. The maximum absolute atomic E-state index is 11.7. The smallest absolute Gasteiger partial charge is 0.412 e. The Labute approximate surface area is 128 Å². The molecule has 1 aromatic carbocycles. The van der Waals surface area contributed by atoms with Crippen molar-refractivity contribution >= 4 is 23.2 Å². The summed E-state index contributed by atoms with van der Waals surface area (Å²) in [7, 11) is 0. The van der Waals surface area contributed by atoms with Gasteiger partial charge >= 0.3 is 6.09 Å². The maximum atomic E-state index is 11.7. The van der Waals surface area contributed by atoms with Crippen LogP contribution in [0, 0.1) is 10.1 Å². The van der Waals surface area contributed by atoms with Crippen molar-refractivity contribution in [1.29, 1.82) is 0 Å². The fourth-order valence-electron chi connectivity index (χ4n) is 1.64. The highest BCUT2D eigenvalue weighted by atomic mass is 16.6. The first-order chi connectivity index (χ1) is 10.2. The molecule has 0 saturated carbocycles. The Morgan fingerprint density at radius 3 is 2.64 bits per heavy atom. The van der Waals surface area contributed by atoms with E-state index in [1.54, 1.807) is 20.8 Å². The monoisotopic (exact) mass is 311 g/mol. The van der Waals surface area contributed by atoms with E-state index in [2.05, 4.69) is 10.6 Å². The molecule has 0 aliphatic rings. The van der Waals surface area contributed by atoms with Crippen LogP contribution in [0.3, 0.4) is 0 Å². The molecule has 8 heteroatoms. The van der Waals surface area contributed by atoms with E-state index in [1.165, 1.54) is 18.2 Å². The third-order valence-corrected chi connectivity index (χ3v) is 2.49. The molecule has 1 aromatic rings. The molecule has 1 rings (SSSR count). The third-order valence-electron chi connectivity index (χ3n) is 2.49. The predicted octanol–water partition coefficient (Wildman–Crippen LogP) is 2.74. The number of hydrogen-bond donors (Lipinski definition) is 3. The number of carbonyl (C=O) groups is 1. The zero-order valence-corrected chi connectivity index (χ0v) is 12.9. The van der Waals surface area contributed by atoms with Crippen molar-refractivity contribution in [3.8, 4) is 0 Å². The zero-order chi connectivity index (χ0) is 16.8. The first-order valence-electron chi connectivity index (χ1n) is 6.86. The van der Waals surface area contributed by atoms with Gasteiger partial charge in [0.05, 0.1) is 4.92 Å². The largest absolute Gasteiger partial charge is 0.444 e. The van der Waals surface area contributed by atoms with Crippen LogP contribution in [0.25, 0.3) is 0 Å². The van der Waals surface area contributed by atoms with Gasteiger partial charge < -0.3 is 15.2 Å². The van der Waals surface area contributed by atoms with Gasteiger partial charge in [-0.1, -0.05) is 0 Å². The van der Waals surface area contributed by atoms with Crippen molar-refractivity contribution in [2.75, 3.05) is 23.8 Å². The highest BCUT2D eigenvalue weighted by molar-refractivity contribution is 5.86. The van der Waals surface area contributed by atoms with Crippen LogP contribution in [0.2, 0.25) is 0 Å². The Bertz CT molecular complexity index is 540. The van der Waals surface area contributed by atoms with Crippen LogP contribution in [-0.2, 0) is 4.74 Å². The molecular formula is C14H21N3O5. The van der Waals surface area contributed by atoms with E-state index in [4.69, 9.17) is 9.84 Å². The summed E-state index contributed by atoms with van der Waals surface area (Å²) in [6, 6.07) is 4.19. The van der Waals surface area contributed by atoms with Crippen LogP contribution in [-0.4, -0.2) is 34.9 Å². The topological polar surface area (TPSA) is 114 Å². The molecule has 0 saturated heterocycles. The van der Waals surface area contributed by atoms with E-state index in [9.17, 15) is 14.9 Å². The van der Waals surface area contributed by atoms with Crippen LogP contribution in [0.15, 0.2) is 18.2 Å². The van der Waals surface area contributed by atoms with Gasteiger partial charge in [0.15, 0.2) is 0 Å². The first kappa shape index (κ1) is 17.7. The van der Waals surface area contributed by atoms with Crippen LogP contribution >= 0.6 is 0 Å². The standard InChI is InChI=1S/C14H21N3O5/c1-14(2,3)22-13(19)16-10-5-6-12(17(20)21)11(9-10)15-7-4-8-18/h5-6,9,15,18H,4,7-8H2,1-3H3,(H,16,19). The quantitative estimate of drug-likeness (QED) is 0.423. The number of nitro groups is 1. The van der Waals surface area contributed by atoms with Gasteiger partial charge in [0.25, 0.3) is 5.69 Å². The second-order valence-electron chi connectivity index (χ2n) is 5.62. The molecular weight excluding hydrogens is 290 g/mol. The molecule has 0 aromatic heterocycles. The fourth-order valence-corrected chi connectivity index (χ4v) is 1.64. The number of benzene rings is 1. The molecule has 0 aliphatic carbocycles. The number of carbonyl (C=O) groups excluding carboxylic acids is 1. The molecule has 0 unspecified atom stereocenters. The Morgan fingerprint density at radius 2 is 2.09 bits per heavy atom. The average molecular weight is 311 g/mol. The number of amides is 1. The molecule has 0 heterocycles. The molecule has 3 N–H and O–H groups in total. The van der Waals surface area contributed by atoms with Gasteiger partial charge in [-0.3, -0.25) is 15.4 Å². The molecule has 0 bridgehead atoms. The van der Waals surface area contributed by atoms with Crippen molar-refractivity contribution < 1.29 is 19.6 Å². The van der Waals surface area contributed by atoms with E-state index in [1.807, 2.05) is 0 Å². The lowest BCUT2D eigenvalue weighted by molar-refractivity contribution is -0.383. The summed E-state index contributed by atoms with van der Waals surface area (Å²) in [6.07, 6.45) is -0.177. The van der Waals surface area contributed by atoms with Gasteiger partial charge in [-0.2, -0.15) is 0 Å². The molecule has 8 nitrogen and oxygen atoms in total. The summed E-state index contributed by atoms with van der Waals surface area (Å²) in [5.74, 6) is 0.